The van der Waals surface area contributed by atoms with Crippen molar-refractivity contribution < 1.29 is 13.3 Å². The highest BCUT2D eigenvalue weighted by Gasteiger charge is 2.25. The Morgan fingerprint density at radius 1 is 1.03 bits per heavy atom. The van der Waals surface area contributed by atoms with Crippen molar-refractivity contribution in [1.82, 2.24) is 14.8 Å². The van der Waals surface area contributed by atoms with Gasteiger partial charge in [0.25, 0.3) is 10.0 Å². The van der Waals surface area contributed by atoms with Crippen LogP contribution in [-0.2, 0) is 10.0 Å². The lowest BCUT2D eigenvalue weighted by Gasteiger charge is -2.13. The molecule has 3 rings (SSSR count). The largest absolute Gasteiger partial charge is 0.354 e. The number of hydrogen-bond acceptors (Lipinski definition) is 8. The van der Waals surface area contributed by atoms with Gasteiger partial charge in [-0.3, -0.25) is 15.5 Å². The smallest absolute Gasteiger partial charge is 0.334 e. The Hall–Kier alpha value is -3.28. The molecule has 10 nitrogen and oxygen atoms in total. The second-order valence-electron chi connectivity index (χ2n) is 6.26. The van der Waals surface area contributed by atoms with Gasteiger partial charge in [0, 0.05) is 10.7 Å². The standard InChI is InChI=1S/C18H17ClN6O4S/c1-11-6-8-13(9-7-11)30(28,29)24-23-18-16(25(26)27)17(20-10-21-18)22-15-5-3-4-14(19)12(15)2/h3-10,24H,1-2H3,(H2,20,21,22,23). The molecule has 30 heavy (non-hydrogen) atoms. The number of hydrazine groups is 1. The molecule has 3 N–H and O–H groups in total. The molecule has 0 atom stereocenters. The first-order valence-electron chi connectivity index (χ1n) is 8.55. The molecule has 0 radical (unpaired) electrons. The number of nitro groups is 1. The molecule has 0 aliphatic heterocycles. The highest BCUT2D eigenvalue weighted by molar-refractivity contribution is 7.89. The number of aromatic nitrogens is 2. The summed E-state index contributed by atoms with van der Waals surface area (Å²) >= 11 is 6.09. The maximum Gasteiger partial charge on any atom is 0.354 e. The number of rotatable bonds is 7. The summed E-state index contributed by atoms with van der Waals surface area (Å²) in [5.74, 6) is -0.453. The fraction of sp³-hybridized carbons (Fsp3) is 0.111. The Bertz CT molecular complexity index is 1200. The van der Waals surface area contributed by atoms with Crippen molar-refractivity contribution >= 4 is 44.6 Å². The fourth-order valence-electron chi connectivity index (χ4n) is 2.50. The molecule has 0 fully saturated rings. The van der Waals surface area contributed by atoms with E-state index in [1.54, 1.807) is 37.3 Å². The Labute approximate surface area is 177 Å². The van der Waals surface area contributed by atoms with Crippen molar-refractivity contribution in [2.24, 2.45) is 0 Å². The van der Waals surface area contributed by atoms with Crippen LogP contribution >= 0.6 is 11.6 Å². The average Bonchev–Trinajstić information content (AvgIpc) is 2.70. The molecule has 1 aromatic heterocycles. The van der Waals surface area contributed by atoms with Gasteiger partial charge in [-0.2, -0.15) is 0 Å². The van der Waals surface area contributed by atoms with E-state index >= 15 is 0 Å². The van der Waals surface area contributed by atoms with Gasteiger partial charge in [-0.25, -0.2) is 18.4 Å². The molecule has 0 unspecified atom stereocenters. The minimum atomic E-state index is -3.98. The molecule has 12 heteroatoms. The van der Waals surface area contributed by atoms with Crippen molar-refractivity contribution in [3.8, 4) is 0 Å². The maximum absolute atomic E-state index is 12.4. The van der Waals surface area contributed by atoms with Crippen LogP contribution in [0.3, 0.4) is 0 Å². The lowest BCUT2D eigenvalue weighted by atomic mass is 10.2. The van der Waals surface area contributed by atoms with E-state index in [1.807, 2.05) is 6.92 Å². The third-order valence-corrected chi connectivity index (χ3v) is 5.83. The molecule has 0 saturated carbocycles. The van der Waals surface area contributed by atoms with Crippen LogP contribution in [0.25, 0.3) is 0 Å². The van der Waals surface area contributed by atoms with E-state index in [0.29, 0.717) is 16.3 Å². The number of sulfonamides is 1. The van der Waals surface area contributed by atoms with Gasteiger partial charge in [0.1, 0.15) is 6.33 Å². The van der Waals surface area contributed by atoms with Crippen molar-refractivity contribution in [3.05, 3.63) is 75.1 Å². The van der Waals surface area contributed by atoms with Crippen LogP contribution in [-0.4, -0.2) is 23.3 Å². The van der Waals surface area contributed by atoms with Crippen LogP contribution in [0.1, 0.15) is 11.1 Å². The van der Waals surface area contributed by atoms with Gasteiger partial charge >= 0.3 is 5.69 Å². The summed E-state index contributed by atoms with van der Waals surface area (Å²) in [6.07, 6.45) is 1.07. The van der Waals surface area contributed by atoms with Gasteiger partial charge in [0.05, 0.1) is 9.82 Å². The quantitative estimate of drug-likeness (QED) is 0.367. The predicted molar refractivity (Wildman–Crippen MR) is 113 cm³/mol. The third kappa shape index (κ3) is 4.64. The lowest BCUT2D eigenvalue weighted by Crippen LogP contribution is -2.30. The molecule has 0 aliphatic carbocycles. The Kier molecular flexibility index (Phi) is 6.15. The number of benzene rings is 2. The van der Waals surface area contributed by atoms with Crippen LogP contribution in [0, 0.1) is 24.0 Å². The molecule has 2 aromatic carbocycles. The number of anilines is 3. The number of nitrogens with one attached hydrogen (secondary N) is 3. The summed E-state index contributed by atoms with van der Waals surface area (Å²) in [5, 5.41) is 15.0. The van der Waals surface area contributed by atoms with E-state index in [0.717, 1.165) is 11.9 Å². The highest BCUT2D eigenvalue weighted by Crippen LogP contribution is 2.33. The number of nitrogens with zero attached hydrogens (tertiary/aromatic N) is 3. The van der Waals surface area contributed by atoms with Gasteiger partial charge < -0.3 is 5.32 Å². The summed E-state index contributed by atoms with van der Waals surface area (Å²) in [5.41, 5.74) is 3.83. The third-order valence-electron chi connectivity index (χ3n) is 4.16. The zero-order chi connectivity index (χ0) is 21.9. The summed E-state index contributed by atoms with van der Waals surface area (Å²) in [6.45, 7) is 3.56. The Morgan fingerprint density at radius 2 is 1.70 bits per heavy atom. The first-order chi connectivity index (χ1) is 14.2. The second kappa shape index (κ2) is 8.61. The van der Waals surface area contributed by atoms with Gasteiger partial charge in [0.15, 0.2) is 0 Å². The van der Waals surface area contributed by atoms with E-state index < -0.39 is 20.6 Å². The van der Waals surface area contributed by atoms with E-state index in [4.69, 9.17) is 11.6 Å². The van der Waals surface area contributed by atoms with E-state index in [1.165, 1.54) is 12.1 Å². The van der Waals surface area contributed by atoms with Crippen molar-refractivity contribution in [3.63, 3.8) is 0 Å². The van der Waals surface area contributed by atoms with E-state index in [2.05, 4.69) is 25.5 Å². The number of hydrogen-bond donors (Lipinski definition) is 3. The molecule has 3 aromatic rings. The summed E-state index contributed by atoms with van der Waals surface area (Å²) in [6, 6.07) is 11.2. The second-order valence-corrected chi connectivity index (χ2v) is 8.35. The number of halogens is 1. The van der Waals surface area contributed by atoms with Gasteiger partial charge in [-0.1, -0.05) is 35.4 Å². The molecule has 1 heterocycles. The van der Waals surface area contributed by atoms with Crippen molar-refractivity contribution in [2.45, 2.75) is 18.7 Å². The SMILES string of the molecule is Cc1ccc(S(=O)(=O)NNc2ncnc(Nc3cccc(Cl)c3C)c2[N+](=O)[O-])cc1. The molecule has 156 valence electrons. The first-order valence-corrected chi connectivity index (χ1v) is 10.4. The van der Waals surface area contributed by atoms with Crippen LogP contribution in [0.2, 0.25) is 5.02 Å². The van der Waals surface area contributed by atoms with Crippen molar-refractivity contribution in [1.29, 1.82) is 0 Å². The number of aryl methyl sites for hydroxylation is 1. The van der Waals surface area contributed by atoms with Crippen LogP contribution < -0.4 is 15.6 Å². The zero-order valence-electron chi connectivity index (χ0n) is 15.9. The summed E-state index contributed by atoms with van der Waals surface area (Å²) in [4.78, 5) is 20.7. The topological polar surface area (TPSA) is 139 Å². The van der Waals surface area contributed by atoms with Gasteiger partial charge in [0.2, 0.25) is 11.6 Å². The summed E-state index contributed by atoms with van der Waals surface area (Å²) < 4.78 is 24.9. The maximum atomic E-state index is 12.4. The van der Waals surface area contributed by atoms with E-state index in [-0.39, 0.29) is 16.5 Å². The molecule has 0 saturated heterocycles. The molecular weight excluding hydrogens is 432 g/mol. The van der Waals surface area contributed by atoms with Gasteiger partial charge in [-0.05, 0) is 43.7 Å². The van der Waals surface area contributed by atoms with E-state index in [9.17, 15) is 18.5 Å². The Morgan fingerprint density at radius 3 is 2.37 bits per heavy atom. The summed E-state index contributed by atoms with van der Waals surface area (Å²) in [7, 11) is -3.98. The molecule has 0 amide bonds. The fourth-order valence-corrected chi connectivity index (χ4v) is 3.51. The van der Waals surface area contributed by atoms with Crippen LogP contribution in [0.4, 0.5) is 23.0 Å². The monoisotopic (exact) mass is 448 g/mol. The Balaban J connectivity index is 1.90. The molecular formula is C18H17ClN6O4S. The normalized spacial score (nSPS) is 11.2. The average molecular weight is 449 g/mol. The first kappa shape index (κ1) is 21.4. The molecule has 0 aliphatic rings. The zero-order valence-corrected chi connectivity index (χ0v) is 17.5. The van der Waals surface area contributed by atoms with Gasteiger partial charge in [-0.15, -0.1) is 4.83 Å². The molecule has 0 bridgehead atoms. The predicted octanol–water partition coefficient (Wildman–Crippen LogP) is 3.70. The van der Waals surface area contributed by atoms with Crippen molar-refractivity contribution in [2.75, 3.05) is 10.7 Å². The minimum absolute atomic E-state index is 0.00906. The minimum Gasteiger partial charge on any atom is -0.334 e. The van der Waals surface area contributed by atoms with Crippen LogP contribution in [0.5, 0.6) is 0 Å². The van der Waals surface area contributed by atoms with Crippen LogP contribution in [0.15, 0.2) is 53.7 Å². The molecule has 0 spiro atoms. The lowest BCUT2D eigenvalue weighted by molar-refractivity contribution is -0.383. The highest BCUT2D eigenvalue weighted by atomic mass is 35.5.